The van der Waals surface area contributed by atoms with Gasteiger partial charge < -0.3 is 5.73 Å². The summed E-state index contributed by atoms with van der Waals surface area (Å²) < 4.78 is 0. The van der Waals surface area contributed by atoms with Crippen molar-refractivity contribution in [3.8, 4) is 0 Å². The SMILES string of the molecule is CCN(Cc1ccccn1)CC1(N)CC1. The van der Waals surface area contributed by atoms with Crippen LogP contribution in [0.15, 0.2) is 24.4 Å². The van der Waals surface area contributed by atoms with Crippen molar-refractivity contribution in [2.75, 3.05) is 13.1 Å². The van der Waals surface area contributed by atoms with Gasteiger partial charge in [0.15, 0.2) is 0 Å². The molecule has 1 fully saturated rings. The van der Waals surface area contributed by atoms with Gasteiger partial charge >= 0.3 is 0 Å². The summed E-state index contributed by atoms with van der Waals surface area (Å²) in [6, 6.07) is 6.05. The summed E-state index contributed by atoms with van der Waals surface area (Å²) in [5.74, 6) is 0. The summed E-state index contributed by atoms with van der Waals surface area (Å²) in [4.78, 5) is 6.70. The second-order valence-corrected chi connectivity index (χ2v) is 4.49. The van der Waals surface area contributed by atoms with Crippen molar-refractivity contribution in [2.24, 2.45) is 5.73 Å². The molecule has 0 radical (unpaired) electrons. The van der Waals surface area contributed by atoms with Crippen LogP contribution in [0.3, 0.4) is 0 Å². The Labute approximate surface area is 91.3 Å². The maximum atomic E-state index is 6.11. The molecule has 0 amide bonds. The van der Waals surface area contributed by atoms with E-state index in [2.05, 4.69) is 22.9 Å². The van der Waals surface area contributed by atoms with Crippen LogP contribution in [0.1, 0.15) is 25.5 Å². The summed E-state index contributed by atoms with van der Waals surface area (Å²) in [5, 5.41) is 0. The largest absolute Gasteiger partial charge is 0.324 e. The lowest BCUT2D eigenvalue weighted by molar-refractivity contribution is 0.252. The van der Waals surface area contributed by atoms with E-state index >= 15 is 0 Å². The minimum absolute atomic E-state index is 0.102. The number of hydrogen-bond acceptors (Lipinski definition) is 3. The Bertz CT molecular complexity index is 306. The Kier molecular flexibility index (Phi) is 3.03. The zero-order valence-corrected chi connectivity index (χ0v) is 9.32. The summed E-state index contributed by atoms with van der Waals surface area (Å²) in [5.41, 5.74) is 7.34. The van der Waals surface area contributed by atoms with Gasteiger partial charge in [0, 0.05) is 24.8 Å². The smallest absolute Gasteiger partial charge is 0.0543 e. The van der Waals surface area contributed by atoms with E-state index in [-0.39, 0.29) is 5.54 Å². The third kappa shape index (κ3) is 3.01. The highest BCUT2D eigenvalue weighted by molar-refractivity contribution is 5.05. The van der Waals surface area contributed by atoms with Gasteiger partial charge in [-0.3, -0.25) is 9.88 Å². The minimum atomic E-state index is 0.102. The molecule has 15 heavy (non-hydrogen) atoms. The van der Waals surface area contributed by atoms with Crippen LogP contribution in [0.5, 0.6) is 0 Å². The van der Waals surface area contributed by atoms with Crippen LogP contribution in [-0.2, 0) is 6.54 Å². The fourth-order valence-electron chi connectivity index (χ4n) is 1.76. The molecule has 1 heterocycles. The van der Waals surface area contributed by atoms with Crippen LogP contribution in [0.2, 0.25) is 0 Å². The van der Waals surface area contributed by atoms with Crippen molar-refractivity contribution >= 4 is 0 Å². The number of nitrogens with zero attached hydrogens (tertiary/aromatic N) is 2. The number of nitrogens with two attached hydrogens (primary N) is 1. The molecule has 1 aromatic rings. The average Bonchev–Trinajstić information content (AvgIpc) is 2.97. The van der Waals surface area contributed by atoms with E-state index in [9.17, 15) is 0 Å². The van der Waals surface area contributed by atoms with E-state index in [1.54, 1.807) is 0 Å². The number of aromatic nitrogens is 1. The molecule has 1 saturated carbocycles. The lowest BCUT2D eigenvalue weighted by Gasteiger charge is -2.23. The molecule has 3 heteroatoms. The van der Waals surface area contributed by atoms with E-state index in [1.807, 2.05) is 18.3 Å². The van der Waals surface area contributed by atoms with Gasteiger partial charge in [-0.25, -0.2) is 0 Å². The van der Waals surface area contributed by atoms with Crippen LogP contribution in [-0.4, -0.2) is 28.5 Å². The lowest BCUT2D eigenvalue weighted by atomic mass is 10.2. The fraction of sp³-hybridized carbons (Fsp3) is 0.583. The fourth-order valence-corrected chi connectivity index (χ4v) is 1.76. The summed E-state index contributed by atoms with van der Waals surface area (Å²) in [6.45, 7) is 5.13. The monoisotopic (exact) mass is 205 g/mol. The molecule has 2 N–H and O–H groups in total. The third-order valence-electron chi connectivity index (χ3n) is 2.99. The van der Waals surface area contributed by atoms with E-state index in [0.717, 1.165) is 25.3 Å². The van der Waals surface area contributed by atoms with Gasteiger partial charge in [0.05, 0.1) is 5.69 Å². The first-order valence-electron chi connectivity index (χ1n) is 5.63. The second kappa shape index (κ2) is 4.29. The molecule has 0 spiro atoms. The van der Waals surface area contributed by atoms with Crippen LogP contribution >= 0.6 is 0 Å². The second-order valence-electron chi connectivity index (χ2n) is 4.49. The highest BCUT2D eigenvalue weighted by Gasteiger charge is 2.39. The van der Waals surface area contributed by atoms with Crippen LogP contribution in [0, 0.1) is 0 Å². The predicted octanol–water partition coefficient (Wildman–Crippen LogP) is 1.39. The number of hydrogen-bond donors (Lipinski definition) is 1. The van der Waals surface area contributed by atoms with Crippen molar-refractivity contribution in [3.05, 3.63) is 30.1 Å². The van der Waals surface area contributed by atoms with Crippen molar-refractivity contribution in [3.63, 3.8) is 0 Å². The van der Waals surface area contributed by atoms with Gasteiger partial charge in [-0.15, -0.1) is 0 Å². The first-order chi connectivity index (χ1) is 7.22. The summed E-state index contributed by atoms with van der Waals surface area (Å²) in [6.07, 6.45) is 4.19. The lowest BCUT2D eigenvalue weighted by Crippen LogP contribution is -2.39. The molecule has 0 aliphatic heterocycles. The molecule has 0 bridgehead atoms. The van der Waals surface area contributed by atoms with Crippen molar-refractivity contribution in [1.29, 1.82) is 0 Å². The van der Waals surface area contributed by atoms with Crippen LogP contribution in [0.25, 0.3) is 0 Å². The highest BCUT2D eigenvalue weighted by atomic mass is 15.2. The van der Waals surface area contributed by atoms with Crippen LogP contribution in [0.4, 0.5) is 0 Å². The molecule has 0 saturated heterocycles. The zero-order valence-electron chi connectivity index (χ0n) is 9.32. The van der Waals surface area contributed by atoms with E-state index in [1.165, 1.54) is 12.8 Å². The van der Waals surface area contributed by atoms with Gasteiger partial charge in [-0.05, 0) is 31.5 Å². The zero-order chi connectivity index (χ0) is 10.7. The molecule has 3 nitrogen and oxygen atoms in total. The third-order valence-corrected chi connectivity index (χ3v) is 2.99. The Morgan fingerprint density at radius 1 is 1.47 bits per heavy atom. The number of likely N-dealkylation sites (N-methyl/N-ethyl adjacent to an activating group) is 1. The van der Waals surface area contributed by atoms with Crippen molar-refractivity contribution in [2.45, 2.75) is 31.8 Å². The minimum Gasteiger partial charge on any atom is -0.324 e. The van der Waals surface area contributed by atoms with Crippen LogP contribution < -0.4 is 5.73 Å². The predicted molar refractivity (Wildman–Crippen MR) is 61.3 cm³/mol. The van der Waals surface area contributed by atoms with Gasteiger partial charge in [-0.2, -0.15) is 0 Å². The normalized spacial score (nSPS) is 18.1. The van der Waals surface area contributed by atoms with Crippen molar-refractivity contribution < 1.29 is 0 Å². The first kappa shape index (κ1) is 10.6. The highest BCUT2D eigenvalue weighted by Crippen LogP contribution is 2.33. The Balaban J connectivity index is 1.90. The Hall–Kier alpha value is -0.930. The number of pyridine rings is 1. The van der Waals surface area contributed by atoms with Crippen molar-refractivity contribution in [1.82, 2.24) is 9.88 Å². The Morgan fingerprint density at radius 2 is 2.27 bits per heavy atom. The van der Waals surface area contributed by atoms with E-state index < -0.39 is 0 Å². The molecule has 0 atom stereocenters. The molecule has 1 aliphatic carbocycles. The van der Waals surface area contributed by atoms with Gasteiger partial charge in [0.25, 0.3) is 0 Å². The van der Waals surface area contributed by atoms with E-state index in [4.69, 9.17) is 5.73 Å². The average molecular weight is 205 g/mol. The Morgan fingerprint density at radius 3 is 2.80 bits per heavy atom. The molecular weight excluding hydrogens is 186 g/mol. The molecule has 1 aromatic heterocycles. The molecule has 1 aliphatic rings. The molecule has 2 rings (SSSR count). The molecule has 0 aromatic carbocycles. The quantitative estimate of drug-likeness (QED) is 0.790. The standard InChI is InChI=1S/C12H19N3/c1-2-15(10-12(13)6-7-12)9-11-5-3-4-8-14-11/h3-5,8H,2,6-7,9-10,13H2,1H3. The maximum absolute atomic E-state index is 6.11. The van der Waals surface area contributed by atoms with E-state index in [0.29, 0.717) is 0 Å². The molecule has 0 unspecified atom stereocenters. The number of rotatable bonds is 5. The summed E-state index contributed by atoms with van der Waals surface area (Å²) >= 11 is 0. The van der Waals surface area contributed by atoms with Gasteiger partial charge in [0.2, 0.25) is 0 Å². The summed E-state index contributed by atoms with van der Waals surface area (Å²) in [7, 11) is 0. The van der Waals surface area contributed by atoms with Gasteiger partial charge in [0.1, 0.15) is 0 Å². The first-order valence-corrected chi connectivity index (χ1v) is 5.63. The maximum Gasteiger partial charge on any atom is 0.0543 e. The molecular formula is C12H19N3. The van der Waals surface area contributed by atoms with Gasteiger partial charge in [-0.1, -0.05) is 13.0 Å². The molecule has 82 valence electrons. The topological polar surface area (TPSA) is 42.2 Å².